The summed E-state index contributed by atoms with van der Waals surface area (Å²) in [6, 6.07) is 13.1. The maximum absolute atomic E-state index is 4.73. The van der Waals surface area contributed by atoms with Crippen LogP contribution in [0, 0.1) is 13.8 Å². The van der Waals surface area contributed by atoms with Crippen LogP contribution in [0.4, 0.5) is 11.4 Å². The molecule has 2 bridgehead atoms. The van der Waals surface area contributed by atoms with Crippen LogP contribution in [-0.2, 0) is 0 Å². The Hall–Kier alpha value is -6.19. The van der Waals surface area contributed by atoms with E-state index in [0.29, 0.717) is 0 Å². The highest BCUT2D eigenvalue weighted by Gasteiger charge is 2.25. The Kier molecular flexibility index (Phi) is 5.95. The zero-order valence-corrected chi connectivity index (χ0v) is 24.3. The Morgan fingerprint density at radius 1 is 0.841 bits per heavy atom. The summed E-state index contributed by atoms with van der Waals surface area (Å²) in [5, 5.41) is 4.59. The molecule has 2 aliphatic carbocycles. The summed E-state index contributed by atoms with van der Waals surface area (Å²) in [5.41, 5.74) is 30.4. The molecule has 5 aliphatic rings. The predicted molar refractivity (Wildman–Crippen MR) is 182 cm³/mol. The first-order valence-corrected chi connectivity index (χ1v) is 14.5. The molecule has 0 amide bonds. The normalized spacial score (nSPS) is 17.7. The lowest BCUT2D eigenvalue weighted by Crippen LogP contribution is -2.24. The third-order valence-electron chi connectivity index (χ3n) is 8.12. The third-order valence-corrected chi connectivity index (χ3v) is 8.12. The molecule has 206 valence electrons. The molecule has 1 N–H and O–H groups in total. The molecular weight excluding hydrogens is 536 g/mol. The molecule has 0 saturated carbocycles. The van der Waals surface area contributed by atoms with Crippen LogP contribution in [0.15, 0.2) is 160 Å². The zero-order chi connectivity index (χ0) is 29.6. The number of hydrogen-bond acceptors (Lipinski definition) is 3. The molecule has 1 aromatic heterocycles. The number of nitrogens with one attached hydrogen (secondary N) is 1. The van der Waals surface area contributed by atoms with Crippen molar-refractivity contribution in [1.29, 1.82) is 0 Å². The fourth-order valence-electron chi connectivity index (χ4n) is 6.10. The third kappa shape index (κ3) is 4.19. The van der Waals surface area contributed by atoms with Crippen LogP contribution < -0.4 is 10.2 Å². The lowest BCUT2D eigenvalue weighted by molar-refractivity contribution is 1.07. The van der Waals surface area contributed by atoms with Crippen molar-refractivity contribution in [3.8, 4) is 0 Å². The van der Waals surface area contributed by atoms with Gasteiger partial charge in [-0.15, -0.1) is 17.2 Å². The number of rotatable bonds is 3. The van der Waals surface area contributed by atoms with Gasteiger partial charge < -0.3 is 14.8 Å². The Labute approximate surface area is 256 Å². The zero-order valence-electron chi connectivity index (χ0n) is 24.3. The molecule has 2 aromatic carbocycles. The van der Waals surface area contributed by atoms with Gasteiger partial charge in [0.05, 0.1) is 34.0 Å². The minimum absolute atomic E-state index is 0.868. The smallest absolute Gasteiger partial charge is 0.103 e. The van der Waals surface area contributed by atoms with Gasteiger partial charge in [0.1, 0.15) is 5.70 Å². The van der Waals surface area contributed by atoms with Gasteiger partial charge in [-0.05, 0) is 91.3 Å². The molecule has 0 unspecified atom stereocenters. The van der Waals surface area contributed by atoms with E-state index in [0.717, 1.165) is 67.6 Å². The molecule has 3 aliphatic heterocycles. The Morgan fingerprint density at radius 2 is 1.77 bits per heavy atom. The largest absolute Gasteiger partial charge is 0.353 e. The van der Waals surface area contributed by atoms with Gasteiger partial charge in [-0.1, -0.05) is 41.3 Å². The fourth-order valence-corrected chi connectivity index (χ4v) is 6.10. The quantitative estimate of drug-likeness (QED) is 0.323. The van der Waals surface area contributed by atoms with E-state index in [9.17, 15) is 0 Å². The molecule has 0 atom stereocenters. The predicted octanol–water partition coefficient (Wildman–Crippen LogP) is 8.98. The van der Waals surface area contributed by atoms with Gasteiger partial charge in [0.15, 0.2) is 0 Å². The number of hydrogen-bond donors (Lipinski definition) is 1. The van der Waals surface area contributed by atoms with E-state index in [2.05, 4.69) is 112 Å². The van der Waals surface area contributed by atoms with Crippen LogP contribution in [0.5, 0.6) is 0 Å². The molecule has 0 spiro atoms. The molecule has 3 aromatic rings. The standard InChI is InChI=1S/C40H26N4/c1-27-16-20-36-34(24-27)40-38(15-9-23-42-40)43(36)32-13-8-11-29(17-19-32)30-18-21-35(28(2)25-30)44-33-12-5-3-4-10-31(26-33)39-37(44)14-6-7-22-41-39/h3-4,7-8,10-12,14-25,42H,1-2H3/b10-4-. The van der Waals surface area contributed by atoms with Crippen LogP contribution in [0.3, 0.4) is 0 Å². The second-order valence-electron chi connectivity index (χ2n) is 11.0. The fraction of sp³-hybridized carbons (Fsp3) is 0.0500. The minimum atomic E-state index is 0.868. The average molecular weight is 563 g/mol. The molecule has 8 rings (SSSR count). The molecule has 4 heteroatoms. The maximum atomic E-state index is 4.73. The van der Waals surface area contributed by atoms with Gasteiger partial charge in [0.25, 0.3) is 0 Å². The topological polar surface area (TPSA) is 32.6 Å². The summed E-state index contributed by atoms with van der Waals surface area (Å²) >= 11 is 0. The highest BCUT2D eigenvalue weighted by molar-refractivity contribution is 6.02. The lowest BCUT2D eigenvalue weighted by atomic mass is 9.98. The van der Waals surface area contributed by atoms with Crippen LogP contribution in [0.2, 0.25) is 0 Å². The number of allylic oxidation sites excluding steroid dienone is 8. The number of aryl methyl sites for hydroxylation is 2. The number of benzene rings is 2. The van der Waals surface area contributed by atoms with Crippen molar-refractivity contribution >= 4 is 45.8 Å². The molecule has 0 radical (unpaired) electrons. The summed E-state index contributed by atoms with van der Waals surface area (Å²) in [6.07, 6.45) is 25.8. The second kappa shape index (κ2) is 10.3. The number of nitrogens with zero attached hydrogens (tertiary/aromatic N) is 3. The van der Waals surface area contributed by atoms with E-state index in [1.807, 2.05) is 54.8 Å². The van der Waals surface area contributed by atoms with Gasteiger partial charge >= 0.3 is 0 Å². The van der Waals surface area contributed by atoms with E-state index >= 15 is 0 Å². The highest BCUT2D eigenvalue weighted by Crippen LogP contribution is 2.39. The van der Waals surface area contributed by atoms with E-state index < -0.39 is 0 Å². The van der Waals surface area contributed by atoms with Crippen LogP contribution in [-0.4, -0.2) is 10.8 Å². The number of aliphatic imine (C=N–C) groups is 1. The van der Waals surface area contributed by atoms with Crippen molar-refractivity contribution in [2.75, 3.05) is 10.2 Å². The van der Waals surface area contributed by atoms with Crippen molar-refractivity contribution in [3.05, 3.63) is 177 Å². The SMILES string of the molecule is Cc1ccc2c(c1)c1c(n2C2=C=CC=C(c3ccc(N4C5=C=C(/C=C\C=C=C5)C5=C4C=C=CC=N5)c(C)c3)C=C2)C=C=CN1. The number of aromatic nitrogens is 1. The van der Waals surface area contributed by atoms with E-state index in [-0.39, 0.29) is 0 Å². The Balaban J connectivity index is 1.17. The van der Waals surface area contributed by atoms with Crippen molar-refractivity contribution in [3.63, 3.8) is 0 Å². The van der Waals surface area contributed by atoms with Crippen molar-refractivity contribution in [2.24, 2.45) is 4.99 Å². The van der Waals surface area contributed by atoms with Crippen LogP contribution >= 0.6 is 0 Å². The average Bonchev–Trinajstić information content (AvgIpc) is 3.22. The summed E-state index contributed by atoms with van der Waals surface area (Å²) in [5.74, 6) is 0. The summed E-state index contributed by atoms with van der Waals surface area (Å²) in [4.78, 5) is 6.92. The van der Waals surface area contributed by atoms with Gasteiger partial charge in [0, 0.05) is 47.3 Å². The molecule has 4 heterocycles. The summed E-state index contributed by atoms with van der Waals surface area (Å²) < 4.78 is 2.25. The molecule has 44 heavy (non-hydrogen) atoms. The monoisotopic (exact) mass is 562 g/mol. The highest BCUT2D eigenvalue weighted by atomic mass is 15.2. The van der Waals surface area contributed by atoms with Gasteiger partial charge in [0.2, 0.25) is 0 Å². The first kappa shape index (κ1) is 25.5. The number of fused-ring (bicyclic) bond motifs is 4. The summed E-state index contributed by atoms with van der Waals surface area (Å²) in [7, 11) is 0. The molecule has 0 saturated heterocycles. The van der Waals surface area contributed by atoms with E-state index in [4.69, 9.17) is 4.99 Å². The van der Waals surface area contributed by atoms with E-state index in [1.165, 1.54) is 10.9 Å². The van der Waals surface area contributed by atoms with Crippen LogP contribution in [0.1, 0.15) is 22.4 Å². The second-order valence-corrected chi connectivity index (χ2v) is 11.0. The summed E-state index contributed by atoms with van der Waals surface area (Å²) in [6.45, 7) is 4.27. The number of anilines is 2. The van der Waals surface area contributed by atoms with Gasteiger partial charge in [-0.3, -0.25) is 4.99 Å². The van der Waals surface area contributed by atoms with Crippen molar-refractivity contribution in [2.45, 2.75) is 13.8 Å². The molecule has 4 nitrogen and oxygen atoms in total. The Morgan fingerprint density at radius 3 is 2.70 bits per heavy atom. The molecule has 0 fully saturated rings. The van der Waals surface area contributed by atoms with Crippen molar-refractivity contribution in [1.82, 2.24) is 4.57 Å². The van der Waals surface area contributed by atoms with Gasteiger partial charge in [-0.25, -0.2) is 0 Å². The maximum Gasteiger partial charge on any atom is 0.103 e. The molecular formula is C40H26N4. The minimum Gasteiger partial charge on any atom is -0.353 e. The van der Waals surface area contributed by atoms with Gasteiger partial charge in [-0.2, -0.15) is 0 Å². The van der Waals surface area contributed by atoms with Crippen molar-refractivity contribution < 1.29 is 0 Å². The Bertz CT molecular complexity index is 2340. The van der Waals surface area contributed by atoms with E-state index in [1.54, 1.807) is 6.21 Å². The van der Waals surface area contributed by atoms with Crippen LogP contribution in [0.25, 0.3) is 28.2 Å². The lowest BCUT2D eigenvalue weighted by Gasteiger charge is -2.31. The first-order valence-electron chi connectivity index (χ1n) is 14.5. The first-order chi connectivity index (χ1) is 21.7.